The molecule has 4 aliphatic heterocycles. The second kappa shape index (κ2) is 7.44. The summed E-state index contributed by atoms with van der Waals surface area (Å²) in [7, 11) is 1.71. The molecule has 5 rings (SSSR count). The topological polar surface area (TPSA) is 40.2 Å². The first-order chi connectivity index (χ1) is 14.0. The van der Waals surface area contributed by atoms with Gasteiger partial charge < -0.3 is 23.8 Å². The molecular formula is C24H35NO4. The Labute approximate surface area is 174 Å². The molecule has 0 aromatic heterocycles. The number of hydrogen-bond acceptors (Lipinski definition) is 5. The molecule has 4 heterocycles. The van der Waals surface area contributed by atoms with Gasteiger partial charge in [0.05, 0.1) is 19.8 Å². The number of benzene rings is 1. The van der Waals surface area contributed by atoms with Crippen molar-refractivity contribution in [2.24, 2.45) is 11.3 Å². The van der Waals surface area contributed by atoms with Crippen LogP contribution in [0.1, 0.15) is 57.6 Å². The fourth-order valence-corrected chi connectivity index (χ4v) is 6.06. The molecule has 4 aliphatic rings. The molecule has 1 aromatic carbocycles. The maximum Gasteiger partial charge on any atom is 0.167 e. The molecule has 0 amide bonds. The number of methoxy groups -OCH3 is 1. The van der Waals surface area contributed by atoms with Gasteiger partial charge in [0.25, 0.3) is 0 Å². The molecule has 3 fully saturated rings. The predicted molar refractivity (Wildman–Crippen MR) is 112 cm³/mol. The standard InChI is InChI=1S/C24H35NO4/c1-23(2)19-15-24(9-11-25(12-10-24)17-7-13-27-14-8-17)16-28-21(19)18-5-4-6-20(26-3)22(18)29-23/h4-6,17,19,21H,7-16H2,1-3H3/t19-,21+/m0/s1. The van der Waals surface area contributed by atoms with Crippen LogP contribution in [0.25, 0.3) is 0 Å². The van der Waals surface area contributed by atoms with Crippen LogP contribution in [0, 0.1) is 11.3 Å². The number of para-hydroxylation sites is 1. The van der Waals surface area contributed by atoms with Crippen LogP contribution in [0.4, 0.5) is 0 Å². The first-order valence-electron chi connectivity index (χ1n) is 11.3. The van der Waals surface area contributed by atoms with E-state index in [2.05, 4.69) is 30.9 Å². The highest BCUT2D eigenvalue weighted by atomic mass is 16.5. The Balaban J connectivity index is 1.33. The molecule has 3 saturated heterocycles. The smallest absolute Gasteiger partial charge is 0.167 e. The zero-order valence-corrected chi connectivity index (χ0v) is 18.1. The SMILES string of the molecule is COc1cccc2c1OC(C)(C)[C@H]1CC3(CCN(C4CCOCC4)CC3)CO[C@H]21. The Kier molecular flexibility index (Phi) is 5.04. The molecule has 29 heavy (non-hydrogen) atoms. The van der Waals surface area contributed by atoms with E-state index in [0.29, 0.717) is 17.4 Å². The first-order valence-corrected chi connectivity index (χ1v) is 11.3. The second-order valence-corrected chi connectivity index (χ2v) is 10.0. The van der Waals surface area contributed by atoms with Crippen LogP contribution in [-0.2, 0) is 9.47 Å². The molecule has 5 heteroatoms. The van der Waals surface area contributed by atoms with Crippen molar-refractivity contribution in [1.82, 2.24) is 4.90 Å². The number of nitrogens with zero attached hydrogens (tertiary/aromatic N) is 1. The van der Waals surface area contributed by atoms with E-state index in [-0.39, 0.29) is 11.7 Å². The van der Waals surface area contributed by atoms with E-state index in [0.717, 1.165) is 36.9 Å². The minimum absolute atomic E-state index is 0.1000. The molecule has 0 N–H and O–H groups in total. The monoisotopic (exact) mass is 401 g/mol. The summed E-state index contributed by atoms with van der Waals surface area (Å²) in [6.45, 7) is 9.54. The average Bonchev–Trinajstić information content (AvgIpc) is 2.75. The summed E-state index contributed by atoms with van der Waals surface area (Å²) >= 11 is 0. The largest absolute Gasteiger partial charge is 0.493 e. The maximum absolute atomic E-state index is 6.64. The van der Waals surface area contributed by atoms with Gasteiger partial charge in [-0.05, 0) is 70.5 Å². The van der Waals surface area contributed by atoms with Crippen LogP contribution in [0.3, 0.4) is 0 Å². The lowest BCUT2D eigenvalue weighted by Gasteiger charge is -2.55. The summed E-state index contributed by atoms with van der Waals surface area (Å²) < 4.78 is 24.3. The normalized spacial score (nSPS) is 31.6. The predicted octanol–water partition coefficient (Wildman–Crippen LogP) is 4.21. The molecular weight excluding hydrogens is 366 g/mol. The third-order valence-corrected chi connectivity index (χ3v) is 7.95. The summed E-state index contributed by atoms with van der Waals surface area (Å²) in [5, 5.41) is 0. The van der Waals surface area contributed by atoms with E-state index in [1.807, 2.05) is 6.07 Å². The van der Waals surface area contributed by atoms with Gasteiger partial charge in [0.2, 0.25) is 0 Å². The minimum Gasteiger partial charge on any atom is -0.493 e. The van der Waals surface area contributed by atoms with Crippen LogP contribution >= 0.6 is 0 Å². The van der Waals surface area contributed by atoms with E-state index >= 15 is 0 Å². The van der Waals surface area contributed by atoms with Crippen molar-refractivity contribution < 1.29 is 18.9 Å². The van der Waals surface area contributed by atoms with Gasteiger partial charge in [0.15, 0.2) is 11.5 Å². The van der Waals surface area contributed by atoms with Gasteiger partial charge in [0, 0.05) is 30.7 Å². The fourth-order valence-electron chi connectivity index (χ4n) is 6.06. The Morgan fingerprint density at radius 2 is 1.86 bits per heavy atom. The number of fused-ring (bicyclic) bond motifs is 3. The third kappa shape index (κ3) is 3.45. The van der Waals surface area contributed by atoms with Crippen molar-refractivity contribution in [3.63, 3.8) is 0 Å². The molecule has 160 valence electrons. The van der Waals surface area contributed by atoms with E-state index < -0.39 is 0 Å². The van der Waals surface area contributed by atoms with Crippen molar-refractivity contribution >= 4 is 0 Å². The van der Waals surface area contributed by atoms with Crippen LogP contribution in [-0.4, -0.2) is 56.6 Å². The Hall–Kier alpha value is -1.30. The molecule has 2 atom stereocenters. The van der Waals surface area contributed by atoms with Crippen molar-refractivity contribution in [2.75, 3.05) is 40.0 Å². The average molecular weight is 402 g/mol. The lowest BCUT2D eigenvalue weighted by molar-refractivity contribution is -0.176. The lowest BCUT2D eigenvalue weighted by Crippen LogP contribution is -2.55. The molecule has 5 nitrogen and oxygen atoms in total. The van der Waals surface area contributed by atoms with Crippen LogP contribution in [0.5, 0.6) is 11.5 Å². The summed E-state index contributed by atoms with van der Waals surface area (Å²) in [5.41, 5.74) is 1.18. The number of piperidine rings is 1. The van der Waals surface area contributed by atoms with Crippen LogP contribution in [0.2, 0.25) is 0 Å². The Morgan fingerprint density at radius 3 is 2.59 bits per heavy atom. The quantitative estimate of drug-likeness (QED) is 0.743. The Morgan fingerprint density at radius 1 is 1.10 bits per heavy atom. The minimum atomic E-state index is -0.266. The third-order valence-electron chi connectivity index (χ3n) is 7.95. The second-order valence-electron chi connectivity index (χ2n) is 10.0. The summed E-state index contributed by atoms with van der Waals surface area (Å²) in [4.78, 5) is 2.71. The van der Waals surface area contributed by atoms with E-state index in [4.69, 9.17) is 18.9 Å². The molecule has 1 aromatic rings. The van der Waals surface area contributed by atoms with Gasteiger partial charge in [-0.15, -0.1) is 0 Å². The zero-order chi connectivity index (χ0) is 20.1. The molecule has 0 saturated carbocycles. The van der Waals surface area contributed by atoms with Crippen molar-refractivity contribution in [2.45, 2.75) is 63.7 Å². The van der Waals surface area contributed by atoms with Crippen molar-refractivity contribution in [3.8, 4) is 11.5 Å². The van der Waals surface area contributed by atoms with Crippen LogP contribution in [0.15, 0.2) is 18.2 Å². The lowest BCUT2D eigenvalue weighted by atomic mass is 9.64. The van der Waals surface area contributed by atoms with Gasteiger partial charge in [-0.25, -0.2) is 0 Å². The highest BCUT2D eigenvalue weighted by Gasteiger charge is 2.53. The molecule has 0 unspecified atom stereocenters. The summed E-state index contributed by atoms with van der Waals surface area (Å²) in [6.07, 6.45) is 6.12. The van der Waals surface area contributed by atoms with E-state index in [1.165, 1.54) is 45.2 Å². The summed E-state index contributed by atoms with van der Waals surface area (Å²) in [5.74, 6) is 2.04. The van der Waals surface area contributed by atoms with Gasteiger partial charge in [-0.1, -0.05) is 12.1 Å². The maximum atomic E-state index is 6.64. The molecule has 0 radical (unpaired) electrons. The fraction of sp³-hybridized carbons (Fsp3) is 0.750. The Bertz CT molecular complexity index is 734. The van der Waals surface area contributed by atoms with Crippen LogP contribution < -0.4 is 9.47 Å². The van der Waals surface area contributed by atoms with Gasteiger partial charge in [-0.3, -0.25) is 0 Å². The molecule has 0 bridgehead atoms. The number of hydrogen-bond donors (Lipinski definition) is 0. The van der Waals surface area contributed by atoms with Gasteiger partial charge in [0.1, 0.15) is 5.60 Å². The number of rotatable bonds is 2. The van der Waals surface area contributed by atoms with Gasteiger partial charge >= 0.3 is 0 Å². The highest BCUT2D eigenvalue weighted by Crippen LogP contribution is 2.57. The zero-order valence-electron chi connectivity index (χ0n) is 18.1. The highest BCUT2D eigenvalue weighted by molar-refractivity contribution is 5.50. The van der Waals surface area contributed by atoms with E-state index in [1.54, 1.807) is 7.11 Å². The number of ether oxygens (including phenoxy) is 4. The number of likely N-dealkylation sites (tertiary alicyclic amines) is 1. The first kappa shape index (κ1) is 19.7. The van der Waals surface area contributed by atoms with E-state index in [9.17, 15) is 0 Å². The molecule has 1 spiro atoms. The van der Waals surface area contributed by atoms with Crippen molar-refractivity contribution in [3.05, 3.63) is 23.8 Å². The summed E-state index contributed by atoms with van der Waals surface area (Å²) in [6, 6.07) is 6.89. The van der Waals surface area contributed by atoms with Gasteiger partial charge in [-0.2, -0.15) is 0 Å². The van der Waals surface area contributed by atoms with Crippen molar-refractivity contribution in [1.29, 1.82) is 0 Å². The molecule has 0 aliphatic carbocycles.